The molecule has 0 aliphatic heterocycles. The first-order valence-electron chi connectivity index (χ1n) is 11.7. The Morgan fingerprint density at radius 3 is 1.71 bits per heavy atom. The van der Waals surface area contributed by atoms with Gasteiger partial charge in [0, 0.05) is 20.3 Å². The van der Waals surface area contributed by atoms with Crippen LogP contribution in [0, 0.1) is 31.3 Å². The standard InChI is InChI=1S/C32H28IN/c1-21-17-26(33)18-22(2)31(21)32-23(3)19-28(20-24(32)4)34(27-13-6-5-7-14-27)30-16-10-12-25-11-8-9-15-29(25)30/h5-20H,1-4H3. The van der Waals surface area contributed by atoms with Gasteiger partial charge in [-0.05, 0) is 132 Å². The molecule has 0 fully saturated rings. The molecule has 0 atom stereocenters. The molecule has 0 heterocycles. The van der Waals surface area contributed by atoms with Gasteiger partial charge < -0.3 is 4.90 Å². The number of benzene rings is 5. The van der Waals surface area contributed by atoms with Crippen LogP contribution < -0.4 is 4.90 Å². The highest BCUT2D eigenvalue weighted by Gasteiger charge is 2.19. The van der Waals surface area contributed by atoms with Gasteiger partial charge in [-0.3, -0.25) is 0 Å². The van der Waals surface area contributed by atoms with E-state index in [-0.39, 0.29) is 0 Å². The van der Waals surface area contributed by atoms with E-state index in [0.29, 0.717) is 0 Å². The molecule has 0 spiro atoms. The van der Waals surface area contributed by atoms with Gasteiger partial charge in [-0.2, -0.15) is 0 Å². The topological polar surface area (TPSA) is 3.24 Å². The number of hydrogen-bond acceptors (Lipinski definition) is 1. The summed E-state index contributed by atoms with van der Waals surface area (Å²) in [6.07, 6.45) is 0. The Bertz CT molecular complexity index is 1450. The normalized spacial score (nSPS) is 11.1. The molecule has 0 saturated carbocycles. The van der Waals surface area contributed by atoms with E-state index in [1.807, 2.05) is 0 Å². The summed E-state index contributed by atoms with van der Waals surface area (Å²) < 4.78 is 1.29. The maximum atomic E-state index is 2.41. The van der Waals surface area contributed by atoms with E-state index < -0.39 is 0 Å². The molecule has 0 unspecified atom stereocenters. The molecule has 0 N–H and O–H groups in total. The maximum Gasteiger partial charge on any atom is 0.0540 e. The second-order valence-electron chi connectivity index (χ2n) is 9.04. The number of nitrogens with zero attached hydrogens (tertiary/aromatic N) is 1. The zero-order valence-electron chi connectivity index (χ0n) is 20.1. The van der Waals surface area contributed by atoms with Gasteiger partial charge in [0.1, 0.15) is 0 Å². The first-order valence-corrected chi connectivity index (χ1v) is 12.7. The zero-order chi connectivity index (χ0) is 23.8. The molecule has 2 heteroatoms. The van der Waals surface area contributed by atoms with Crippen molar-refractivity contribution in [2.75, 3.05) is 4.90 Å². The van der Waals surface area contributed by atoms with Crippen molar-refractivity contribution in [2.45, 2.75) is 27.7 Å². The fraction of sp³-hybridized carbons (Fsp3) is 0.125. The van der Waals surface area contributed by atoms with Gasteiger partial charge in [-0.1, -0.05) is 54.6 Å². The number of fused-ring (bicyclic) bond motifs is 1. The summed E-state index contributed by atoms with van der Waals surface area (Å²) in [5.41, 5.74) is 11.5. The lowest BCUT2D eigenvalue weighted by Gasteiger charge is -2.28. The van der Waals surface area contributed by atoms with Crippen molar-refractivity contribution >= 4 is 50.4 Å². The Balaban J connectivity index is 1.74. The molecular weight excluding hydrogens is 525 g/mol. The molecule has 5 aromatic carbocycles. The van der Waals surface area contributed by atoms with Crippen LogP contribution in [0.4, 0.5) is 17.1 Å². The number of halogens is 1. The lowest BCUT2D eigenvalue weighted by Crippen LogP contribution is -2.11. The largest absolute Gasteiger partial charge is 0.310 e. The summed E-state index contributed by atoms with van der Waals surface area (Å²) >= 11 is 2.41. The quantitative estimate of drug-likeness (QED) is 0.200. The fourth-order valence-electron chi connectivity index (χ4n) is 5.18. The van der Waals surface area contributed by atoms with Crippen molar-refractivity contribution in [1.29, 1.82) is 0 Å². The molecule has 0 saturated heterocycles. The maximum absolute atomic E-state index is 2.41. The molecule has 0 aromatic heterocycles. The molecule has 34 heavy (non-hydrogen) atoms. The summed E-state index contributed by atoms with van der Waals surface area (Å²) in [5.74, 6) is 0. The summed E-state index contributed by atoms with van der Waals surface area (Å²) in [6, 6.07) is 35.1. The van der Waals surface area contributed by atoms with E-state index in [1.165, 1.54) is 59.1 Å². The highest BCUT2D eigenvalue weighted by atomic mass is 127. The minimum atomic E-state index is 1.16. The summed E-state index contributed by atoms with van der Waals surface area (Å²) in [5, 5.41) is 2.49. The van der Waals surface area contributed by atoms with E-state index in [1.54, 1.807) is 0 Å². The van der Waals surface area contributed by atoms with Crippen LogP contribution in [0.5, 0.6) is 0 Å². The molecule has 0 radical (unpaired) electrons. The second kappa shape index (κ2) is 9.27. The van der Waals surface area contributed by atoms with Crippen LogP contribution in [0.3, 0.4) is 0 Å². The van der Waals surface area contributed by atoms with Crippen LogP contribution in [-0.2, 0) is 0 Å². The van der Waals surface area contributed by atoms with E-state index in [0.717, 1.165) is 5.69 Å². The third-order valence-electron chi connectivity index (χ3n) is 6.55. The highest BCUT2D eigenvalue weighted by molar-refractivity contribution is 14.1. The first-order chi connectivity index (χ1) is 16.4. The van der Waals surface area contributed by atoms with Crippen molar-refractivity contribution in [1.82, 2.24) is 0 Å². The third kappa shape index (κ3) is 4.12. The molecule has 168 valence electrons. The smallest absolute Gasteiger partial charge is 0.0540 e. The predicted octanol–water partition coefficient (Wildman–Crippen LogP) is 9.81. The average molecular weight is 553 g/mol. The number of rotatable bonds is 4. The summed E-state index contributed by atoms with van der Waals surface area (Å²) in [6.45, 7) is 8.94. The third-order valence-corrected chi connectivity index (χ3v) is 7.17. The van der Waals surface area contributed by atoms with Gasteiger partial charge in [0.2, 0.25) is 0 Å². The van der Waals surface area contributed by atoms with Gasteiger partial charge >= 0.3 is 0 Å². The van der Waals surface area contributed by atoms with Crippen LogP contribution in [0.15, 0.2) is 97.1 Å². The van der Waals surface area contributed by atoms with Crippen LogP contribution in [-0.4, -0.2) is 0 Å². The van der Waals surface area contributed by atoms with Crippen LogP contribution in [0.1, 0.15) is 22.3 Å². The van der Waals surface area contributed by atoms with Gasteiger partial charge in [-0.15, -0.1) is 0 Å². The first kappa shape index (κ1) is 22.7. The summed E-state index contributed by atoms with van der Waals surface area (Å²) in [7, 11) is 0. The van der Waals surface area contributed by atoms with Crippen molar-refractivity contribution < 1.29 is 0 Å². The van der Waals surface area contributed by atoms with Gasteiger partial charge in [0.25, 0.3) is 0 Å². The van der Waals surface area contributed by atoms with E-state index in [4.69, 9.17) is 0 Å². The SMILES string of the molecule is Cc1cc(I)cc(C)c1-c1c(C)cc(N(c2ccccc2)c2cccc3ccccc23)cc1C. The van der Waals surface area contributed by atoms with Crippen LogP contribution >= 0.6 is 22.6 Å². The van der Waals surface area contributed by atoms with Crippen molar-refractivity contribution in [3.63, 3.8) is 0 Å². The number of anilines is 3. The van der Waals surface area contributed by atoms with Crippen LogP contribution in [0.25, 0.3) is 21.9 Å². The lowest BCUT2D eigenvalue weighted by molar-refractivity contribution is 1.25. The highest BCUT2D eigenvalue weighted by Crippen LogP contribution is 2.42. The fourth-order valence-corrected chi connectivity index (χ4v) is 6.11. The Kier molecular flexibility index (Phi) is 6.18. The zero-order valence-corrected chi connectivity index (χ0v) is 22.2. The van der Waals surface area contributed by atoms with Gasteiger partial charge in [0.05, 0.1) is 5.69 Å². The Morgan fingerprint density at radius 1 is 0.529 bits per heavy atom. The second-order valence-corrected chi connectivity index (χ2v) is 10.3. The minimum Gasteiger partial charge on any atom is -0.310 e. The lowest BCUT2D eigenvalue weighted by atomic mass is 9.89. The monoisotopic (exact) mass is 553 g/mol. The van der Waals surface area contributed by atoms with Crippen molar-refractivity contribution in [3.8, 4) is 11.1 Å². The van der Waals surface area contributed by atoms with Gasteiger partial charge in [-0.25, -0.2) is 0 Å². The summed E-state index contributed by atoms with van der Waals surface area (Å²) in [4.78, 5) is 2.39. The van der Waals surface area contributed by atoms with Crippen LogP contribution in [0.2, 0.25) is 0 Å². The molecule has 0 aliphatic rings. The van der Waals surface area contributed by atoms with E-state index in [2.05, 4.69) is 152 Å². The molecule has 5 rings (SSSR count). The Morgan fingerprint density at radius 2 is 1.06 bits per heavy atom. The molecule has 5 aromatic rings. The number of para-hydroxylation sites is 1. The molecule has 0 bridgehead atoms. The minimum absolute atomic E-state index is 1.16. The van der Waals surface area contributed by atoms with E-state index in [9.17, 15) is 0 Å². The molecule has 0 amide bonds. The predicted molar refractivity (Wildman–Crippen MR) is 156 cm³/mol. The molecule has 1 nitrogen and oxygen atoms in total. The molecule has 0 aliphatic carbocycles. The average Bonchev–Trinajstić information content (AvgIpc) is 2.81. The number of aryl methyl sites for hydroxylation is 4. The van der Waals surface area contributed by atoms with Crippen molar-refractivity contribution in [2.24, 2.45) is 0 Å². The van der Waals surface area contributed by atoms with E-state index >= 15 is 0 Å². The Hall–Kier alpha value is -3.11. The van der Waals surface area contributed by atoms with Gasteiger partial charge in [0.15, 0.2) is 0 Å². The number of hydrogen-bond donors (Lipinski definition) is 0. The van der Waals surface area contributed by atoms with Crippen molar-refractivity contribution in [3.05, 3.63) is 123 Å². The molecular formula is C32H28IN. The Labute approximate surface area is 216 Å².